The van der Waals surface area contributed by atoms with E-state index in [4.69, 9.17) is 16.3 Å². The number of amides is 2. The maximum Gasteiger partial charge on any atom is 0.411 e. The van der Waals surface area contributed by atoms with Gasteiger partial charge in [0.25, 0.3) is 5.91 Å². The number of benzene rings is 2. The summed E-state index contributed by atoms with van der Waals surface area (Å²) in [5.74, 6) is 0.260. The highest BCUT2D eigenvalue weighted by molar-refractivity contribution is 6.31. The Morgan fingerprint density at radius 1 is 1.23 bits per heavy atom. The number of nitrogens with one attached hydrogen (secondary N) is 2. The summed E-state index contributed by atoms with van der Waals surface area (Å²) < 4.78 is 5.22. The van der Waals surface area contributed by atoms with Crippen molar-refractivity contribution in [3.05, 3.63) is 70.5 Å². The maximum absolute atomic E-state index is 13.1. The number of halogens is 1. The van der Waals surface area contributed by atoms with E-state index in [1.54, 1.807) is 23.1 Å². The SMILES string of the molecule is O=C(Nc1cc(Cl)cc(C(=O)N2CCC[C@H]2c2nn[nH]n2)c1)OCc1ccccc1. The fraction of sp³-hybridized carbons (Fsp3) is 0.250. The zero-order chi connectivity index (χ0) is 20.9. The Kier molecular flexibility index (Phi) is 5.89. The van der Waals surface area contributed by atoms with E-state index in [-0.39, 0.29) is 18.6 Å². The zero-order valence-corrected chi connectivity index (χ0v) is 16.7. The normalized spacial score (nSPS) is 15.8. The van der Waals surface area contributed by atoms with Crippen LogP contribution in [0.4, 0.5) is 10.5 Å². The highest BCUT2D eigenvalue weighted by atomic mass is 35.5. The van der Waals surface area contributed by atoms with Crippen molar-refractivity contribution in [2.45, 2.75) is 25.5 Å². The number of likely N-dealkylation sites (tertiary alicyclic amines) is 1. The average molecular weight is 427 g/mol. The van der Waals surface area contributed by atoms with Crippen molar-refractivity contribution in [1.82, 2.24) is 25.5 Å². The fourth-order valence-electron chi connectivity index (χ4n) is 3.42. The summed E-state index contributed by atoms with van der Waals surface area (Å²) in [4.78, 5) is 26.9. The van der Waals surface area contributed by atoms with E-state index in [0.29, 0.717) is 28.6 Å². The molecule has 2 aromatic carbocycles. The second kappa shape index (κ2) is 8.91. The molecule has 2 heterocycles. The summed E-state index contributed by atoms with van der Waals surface area (Å²) in [5, 5.41) is 17.0. The molecule has 154 valence electrons. The molecule has 9 nitrogen and oxygen atoms in total. The second-order valence-electron chi connectivity index (χ2n) is 6.84. The number of carbonyl (C=O) groups excluding carboxylic acids is 2. The van der Waals surface area contributed by atoms with E-state index >= 15 is 0 Å². The Balaban J connectivity index is 1.45. The fourth-order valence-corrected chi connectivity index (χ4v) is 3.65. The van der Waals surface area contributed by atoms with Gasteiger partial charge in [-0.25, -0.2) is 4.79 Å². The molecule has 0 saturated carbocycles. The summed E-state index contributed by atoms with van der Waals surface area (Å²) in [6.45, 7) is 0.714. The minimum Gasteiger partial charge on any atom is -0.444 e. The van der Waals surface area contributed by atoms with Crippen LogP contribution in [0.15, 0.2) is 48.5 Å². The van der Waals surface area contributed by atoms with Gasteiger partial charge in [-0.1, -0.05) is 47.1 Å². The molecule has 10 heteroatoms. The summed E-state index contributed by atoms with van der Waals surface area (Å²) in [6, 6.07) is 13.8. The topological polar surface area (TPSA) is 113 Å². The van der Waals surface area contributed by atoms with Crippen LogP contribution >= 0.6 is 11.6 Å². The highest BCUT2D eigenvalue weighted by Crippen LogP contribution is 2.31. The molecule has 1 saturated heterocycles. The number of tetrazole rings is 1. The summed E-state index contributed by atoms with van der Waals surface area (Å²) in [6.07, 6.45) is 0.955. The van der Waals surface area contributed by atoms with E-state index in [9.17, 15) is 9.59 Å². The molecule has 1 atom stereocenters. The Labute approximate surface area is 177 Å². The van der Waals surface area contributed by atoms with Gasteiger partial charge in [-0.15, -0.1) is 10.2 Å². The Morgan fingerprint density at radius 3 is 2.83 bits per heavy atom. The van der Waals surface area contributed by atoms with E-state index in [0.717, 1.165) is 18.4 Å². The smallest absolute Gasteiger partial charge is 0.411 e. The second-order valence-corrected chi connectivity index (χ2v) is 7.28. The highest BCUT2D eigenvalue weighted by Gasteiger charge is 2.33. The van der Waals surface area contributed by atoms with Gasteiger partial charge in [0.15, 0.2) is 5.82 Å². The molecule has 30 heavy (non-hydrogen) atoms. The van der Waals surface area contributed by atoms with Crippen LogP contribution in [-0.4, -0.2) is 44.1 Å². The van der Waals surface area contributed by atoms with Crippen LogP contribution in [-0.2, 0) is 11.3 Å². The van der Waals surface area contributed by atoms with Gasteiger partial charge in [0, 0.05) is 22.8 Å². The third-order valence-corrected chi connectivity index (χ3v) is 5.00. The van der Waals surface area contributed by atoms with Crippen molar-refractivity contribution in [2.24, 2.45) is 0 Å². The summed E-state index contributed by atoms with van der Waals surface area (Å²) in [5.41, 5.74) is 1.60. The number of aromatic amines is 1. The Hall–Kier alpha value is -3.46. The van der Waals surface area contributed by atoms with E-state index in [1.165, 1.54) is 0 Å². The molecule has 2 amide bonds. The van der Waals surface area contributed by atoms with Gasteiger partial charge in [-0.05, 0) is 36.6 Å². The number of hydrogen-bond donors (Lipinski definition) is 2. The van der Waals surface area contributed by atoms with Gasteiger partial charge >= 0.3 is 6.09 Å². The summed E-state index contributed by atoms with van der Waals surface area (Å²) >= 11 is 6.19. The standard InChI is InChI=1S/C20H19ClN6O3/c21-15-9-14(19(28)27-8-4-7-17(27)18-23-25-26-24-18)10-16(11-15)22-20(29)30-12-13-5-2-1-3-6-13/h1-3,5-6,9-11,17H,4,7-8,12H2,(H,22,29)(H,23,24,25,26)/t17-/m0/s1. The molecule has 0 radical (unpaired) electrons. The van der Waals surface area contributed by atoms with Crippen molar-refractivity contribution < 1.29 is 14.3 Å². The molecule has 1 aliphatic rings. The molecule has 1 fully saturated rings. The maximum atomic E-state index is 13.1. The lowest BCUT2D eigenvalue weighted by molar-refractivity contribution is 0.0730. The van der Waals surface area contributed by atoms with Crippen LogP contribution in [0.1, 0.15) is 40.6 Å². The zero-order valence-electron chi connectivity index (χ0n) is 15.9. The summed E-state index contributed by atoms with van der Waals surface area (Å²) in [7, 11) is 0. The molecule has 1 aromatic heterocycles. The first-order valence-electron chi connectivity index (χ1n) is 9.43. The molecular formula is C20H19ClN6O3. The number of anilines is 1. The van der Waals surface area contributed by atoms with Gasteiger partial charge < -0.3 is 9.64 Å². The number of ether oxygens (including phenoxy) is 1. The molecule has 2 N–H and O–H groups in total. The van der Waals surface area contributed by atoms with Crippen LogP contribution in [0.25, 0.3) is 0 Å². The lowest BCUT2D eigenvalue weighted by atomic mass is 10.1. The van der Waals surface area contributed by atoms with Gasteiger partial charge in [-0.3, -0.25) is 10.1 Å². The monoisotopic (exact) mass is 426 g/mol. The Morgan fingerprint density at radius 2 is 2.07 bits per heavy atom. The molecule has 0 spiro atoms. The molecule has 1 aliphatic heterocycles. The number of carbonyl (C=O) groups is 2. The minimum atomic E-state index is -0.634. The first kappa shape index (κ1) is 19.8. The lowest BCUT2D eigenvalue weighted by Crippen LogP contribution is -2.31. The molecular weight excluding hydrogens is 408 g/mol. The first-order valence-corrected chi connectivity index (χ1v) is 9.80. The molecule has 0 bridgehead atoms. The number of rotatable bonds is 5. The van der Waals surface area contributed by atoms with Crippen LogP contribution in [0.3, 0.4) is 0 Å². The van der Waals surface area contributed by atoms with Crippen LogP contribution in [0, 0.1) is 0 Å². The van der Waals surface area contributed by atoms with Gasteiger partial charge in [-0.2, -0.15) is 5.21 Å². The van der Waals surface area contributed by atoms with Crippen LogP contribution < -0.4 is 5.32 Å². The van der Waals surface area contributed by atoms with Crippen molar-refractivity contribution in [3.8, 4) is 0 Å². The van der Waals surface area contributed by atoms with Crippen molar-refractivity contribution in [1.29, 1.82) is 0 Å². The van der Waals surface area contributed by atoms with Gasteiger partial charge in [0.2, 0.25) is 0 Å². The largest absolute Gasteiger partial charge is 0.444 e. The van der Waals surface area contributed by atoms with Crippen molar-refractivity contribution in [3.63, 3.8) is 0 Å². The molecule has 4 rings (SSSR count). The van der Waals surface area contributed by atoms with Crippen LogP contribution in [0.2, 0.25) is 5.02 Å². The Bertz CT molecular complexity index is 1030. The van der Waals surface area contributed by atoms with Gasteiger partial charge in [0.1, 0.15) is 6.61 Å². The van der Waals surface area contributed by atoms with Crippen LogP contribution in [0.5, 0.6) is 0 Å². The number of H-pyrrole nitrogens is 1. The third kappa shape index (κ3) is 4.57. The predicted octanol–water partition coefficient (Wildman–Crippen LogP) is 3.58. The quantitative estimate of drug-likeness (QED) is 0.644. The van der Waals surface area contributed by atoms with E-state index in [2.05, 4.69) is 25.9 Å². The van der Waals surface area contributed by atoms with E-state index in [1.807, 2.05) is 30.3 Å². The van der Waals surface area contributed by atoms with Gasteiger partial charge in [0.05, 0.1) is 6.04 Å². The number of nitrogens with zero attached hydrogens (tertiary/aromatic N) is 4. The third-order valence-electron chi connectivity index (χ3n) is 4.78. The van der Waals surface area contributed by atoms with E-state index < -0.39 is 6.09 Å². The minimum absolute atomic E-state index is 0.138. The lowest BCUT2D eigenvalue weighted by Gasteiger charge is -2.22. The predicted molar refractivity (Wildman–Crippen MR) is 109 cm³/mol. The molecule has 3 aromatic rings. The van der Waals surface area contributed by atoms with Crippen molar-refractivity contribution >= 4 is 29.3 Å². The molecule has 0 unspecified atom stereocenters. The molecule has 0 aliphatic carbocycles. The average Bonchev–Trinajstić information content (AvgIpc) is 3.43. The first-order chi connectivity index (χ1) is 14.6. The van der Waals surface area contributed by atoms with Crippen molar-refractivity contribution in [2.75, 3.05) is 11.9 Å². The number of aromatic nitrogens is 4. The number of hydrogen-bond acceptors (Lipinski definition) is 6.